The predicted molar refractivity (Wildman–Crippen MR) is 70.9 cm³/mol. The molecular weight excluding hydrogens is 233 g/mol. The Bertz CT molecular complexity index is 444. The lowest BCUT2D eigenvalue weighted by Gasteiger charge is -2.32. The summed E-state index contributed by atoms with van der Waals surface area (Å²) in [4.78, 5) is 13.9. The summed E-state index contributed by atoms with van der Waals surface area (Å²) in [5.74, 6) is -1.01. The van der Waals surface area contributed by atoms with E-state index in [1.807, 2.05) is 32.8 Å². The fourth-order valence-corrected chi connectivity index (χ4v) is 1.27. The Balaban J connectivity index is 2.75. The number of rotatable bonds is 4. The Morgan fingerprint density at radius 2 is 2.06 bits per heavy atom. The average molecular weight is 253 g/mol. The van der Waals surface area contributed by atoms with Crippen LogP contribution in [0.5, 0.6) is 0 Å². The summed E-state index contributed by atoms with van der Waals surface area (Å²) >= 11 is 0. The first kappa shape index (κ1) is 14.4. The lowest BCUT2D eigenvalue weighted by molar-refractivity contribution is 0.0915. The summed E-state index contributed by atoms with van der Waals surface area (Å²) in [6, 6.07) is 3.96. The zero-order valence-corrected chi connectivity index (χ0v) is 11.2. The average Bonchev–Trinajstić information content (AvgIpc) is 2.29. The van der Waals surface area contributed by atoms with Gasteiger partial charge in [0, 0.05) is 17.8 Å². The third kappa shape index (κ3) is 3.43. The number of hydrogen-bond acceptors (Lipinski definition) is 3. The van der Waals surface area contributed by atoms with Gasteiger partial charge >= 0.3 is 0 Å². The van der Waals surface area contributed by atoms with Gasteiger partial charge in [-0.15, -0.1) is 0 Å². The second-order valence-corrected chi connectivity index (χ2v) is 5.13. The van der Waals surface area contributed by atoms with Gasteiger partial charge in [-0.3, -0.25) is 4.79 Å². The number of nitrogen functional groups attached to an aromatic ring is 1. The minimum atomic E-state index is -0.565. The molecule has 18 heavy (non-hydrogen) atoms. The Hall–Kier alpha value is -1.62. The molecule has 0 unspecified atom stereocenters. The van der Waals surface area contributed by atoms with Crippen molar-refractivity contribution in [3.63, 3.8) is 0 Å². The van der Waals surface area contributed by atoms with Crippen LogP contribution in [-0.4, -0.2) is 37.0 Å². The molecule has 3 N–H and O–H groups in total. The van der Waals surface area contributed by atoms with Gasteiger partial charge in [-0.05, 0) is 46.1 Å². The van der Waals surface area contributed by atoms with Crippen LogP contribution >= 0.6 is 0 Å². The summed E-state index contributed by atoms with van der Waals surface area (Å²) in [6.45, 7) is 4.40. The van der Waals surface area contributed by atoms with Gasteiger partial charge in [-0.25, -0.2) is 4.39 Å². The van der Waals surface area contributed by atoms with E-state index >= 15 is 0 Å². The van der Waals surface area contributed by atoms with E-state index in [1.165, 1.54) is 18.2 Å². The van der Waals surface area contributed by atoms with E-state index < -0.39 is 11.7 Å². The number of nitrogens with zero attached hydrogens (tertiary/aromatic N) is 1. The number of likely N-dealkylation sites (N-methyl/N-ethyl adjacent to an activating group) is 1. The second kappa shape index (κ2) is 5.35. The van der Waals surface area contributed by atoms with Crippen LogP contribution in [0.4, 0.5) is 10.1 Å². The van der Waals surface area contributed by atoms with E-state index in [0.29, 0.717) is 12.2 Å². The molecule has 1 aromatic carbocycles. The Morgan fingerprint density at radius 3 is 2.61 bits per heavy atom. The Kier molecular flexibility index (Phi) is 4.29. The van der Waals surface area contributed by atoms with Crippen molar-refractivity contribution in [2.75, 3.05) is 26.4 Å². The highest BCUT2D eigenvalue weighted by molar-refractivity contribution is 5.95. The molecule has 0 aromatic heterocycles. The van der Waals surface area contributed by atoms with E-state index in [9.17, 15) is 9.18 Å². The maximum atomic E-state index is 13.5. The van der Waals surface area contributed by atoms with Gasteiger partial charge in [0.2, 0.25) is 0 Å². The fraction of sp³-hybridized carbons (Fsp3) is 0.462. The number of nitrogens with two attached hydrogens (primary N) is 1. The van der Waals surface area contributed by atoms with Crippen LogP contribution in [0.25, 0.3) is 0 Å². The van der Waals surface area contributed by atoms with Crippen molar-refractivity contribution in [1.29, 1.82) is 0 Å². The molecule has 0 heterocycles. The molecule has 4 nitrogen and oxygen atoms in total. The molecule has 0 aliphatic carbocycles. The first-order valence-electron chi connectivity index (χ1n) is 5.74. The molecule has 0 bridgehead atoms. The van der Waals surface area contributed by atoms with Gasteiger partial charge in [0.1, 0.15) is 5.82 Å². The number of nitrogens with one attached hydrogen (secondary N) is 1. The highest BCUT2D eigenvalue weighted by Crippen LogP contribution is 2.13. The van der Waals surface area contributed by atoms with Gasteiger partial charge < -0.3 is 16.0 Å². The first-order valence-corrected chi connectivity index (χ1v) is 5.74. The summed E-state index contributed by atoms with van der Waals surface area (Å²) < 4.78 is 13.5. The Labute approximate surface area is 107 Å². The number of amides is 1. The van der Waals surface area contributed by atoms with Gasteiger partial charge in [0.25, 0.3) is 5.91 Å². The third-order valence-corrected chi connectivity index (χ3v) is 3.13. The number of carbonyl (C=O) groups is 1. The van der Waals surface area contributed by atoms with E-state index in [1.54, 1.807) is 0 Å². The van der Waals surface area contributed by atoms with Gasteiger partial charge in [-0.2, -0.15) is 0 Å². The molecule has 0 radical (unpaired) electrons. The molecule has 1 rings (SSSR count). The van der Waals surface area contributed by atoms with Crippen molar-refractivity contribution < 1.29 is 9.18 Å². The van der Waals surface area contributed by atoms with E-state index in [0.717, 1.165) is 0 Å². The highest BCUT2D eigenvalue weighted by Gasteiger charge is 2.22. The molecule has 0 aliphatic rings. The number of benzene rings is 1. The number of anilines is 1. The molecule has 100 valence electrons. The number of carbonyl (C=O) groups excluding carboxylic acids is 1. The van der Waals surface area contributed by atoms with Crippen LogP contribution in [0, 0.1) is 5.82 Å². The largest absolute Gasteiger partial charge is 0.399 e. The second-order valence-electron chi connectivity index (χ2n) is 5.13. The summed E-state index contributed by atoms with van der Waals surface area (Å²) in [7, 11) is 3.85. The van der Waals surface area contributed by atoms with Crippen LogP contribution in [0.3, 0.4) is 0 Å². The first-order chi connectivity index (χ1) is 8.24. The number of hydrogen-bond donors (Lipinski definition) is 2. The summed E-state index contributed by atoms with van der Waals surface area (Å²) in [6.07, 6.45) is 0. The van der Waals surface area contributed by atoms with Crippen molar-refractivity contribution in [3.05, 3.63) is 29.6 Å². The van der Waals surface area contributed by atoms with Crippen LogP contribution in [0.2, 0.25) is 0 Å². The SMILES string of the molecule is CN(C)C(C)(C)CNC(=O)c1cc(N)ccc1F. The zero-order chi connectivity index (χ0) is 13.9. The zero-order valence-electron chi connectivity index (χ0n) is 11.2. The smallest absolute Gasteiger partial charge is 0.254 e. The molecule has 0 saturated carbocycles. The Morgan fingerprint density at radius 1 is 1.44 bits per heavy atom. The quantitative estimate of drug-likeness (QED) is 0.799. The van der Waals surface area contributed by atoms with E-state index in [4.69, 9.17) is 5.73 Å². The van der Waals surface area contributed by atoms with Crippen LogP contribution < -0.4 is 11.1 Å². The fourth-order valence-electron chi connectivity index (χ4n) is 1.27. The highest BCUT2D eigenvalue weighted by atomic mass is 19.1. The minimum Gasteiger partial charge on any atom is -0.399 e. The molecule has 0 atom stereocenters. The van der Waals surface area contributed by atoms with Gasteiger partial charge in [-0.1, -0.05) is 0 Å². The molecule has 1 amide bonds. The maximum absolute atomic E-state index is 13.5. The molecule has 1 aromatic rings. The normalized spacial score (nSPS) is 11.7. The van der Waals surface area contributed by atoms with E-state index in [-0.39, 0.29) is 11.1 Å². The number of halogens is 1. The maximum Gasteiger partial charge on any atom is 0.254 e. The molecular formula is C13H20FN3O. The molecule has 0 aliphatic heterocycles. The summed E-state index contributed by atoms with van der Waals surface area (Å²) in [5.41, 5.74) is 5.68. The summed E-state index contributed by atoms with van der Waals surface area (Å²) in [5, 5.41) is 2.71. The lowest BCUT2D eigenvalue weighted by atomic mass is 10.0. The van der Waals surface area contributed by atoms with Crippen molar-refractivity contribution in [3.8, 4) is 0 Å². The monoisotopic (exact) mass is 253 g/mol. The van der Waals surface area contributed by atoms with Crippen molar-refractivity contribution in [2.24, 2.45) is 0 Å². The topological polar surface area (TPSA) is 58.4 Å². The van der Waals surface area contributed by atoms with Crippen LogP contribution in [0.15, 0.2) is 18.2 Å². The minimum absolute atomic E-state index is 0.0236. The molecule has 5 heteroatoms. The van der Waals surface area contributed by atoms with Crippen molar-refractivity contribution in [1.82, 2.24) is 10.2 Å². The molecule has 0 spiro atoms. The molecule has 0 fully saturated rings. The van der Waals surface area contributed by atoms with Gasteiger partial charge in [0.05, 0.1) is 5.56 Å². The standard InChI is InChI=1S/C13H20FN3O/c1-13(2,17(3)4)8-16-12(18)10-7-9(15)5-6-11(10)14/h5-7H,8,15H2,1-4H3,(H,16,18). The van der Waals surface area contributed by atoms with Gasteiger partial charge in [0.15, 0.2) is 0 Å². The van der Waals surface area contributed by atoms with E-state index in [2.05, 4.69) is 5.32 Å². The molecule has 0 saturated heterocycles. The van der Waals surface area contributed by atoms with Crippen molar-refractivity contribution in [2.45, 2.75) is 19.4 Å². The van der Waals surface area contributed by atoms with Crippen molar-refractivity contribution >= 4 is 11.6 Å². The predicted octanol–water partition coefficient (Wildman–Crippen LogP) is 1.48. The van der Waals surface area contributed by atoms with Crippen LogP contribution in [-0.2, 0) is 0 Å². The lowest BCUT2D eigenvalue weighted by Crippen LogP contribution is -2.48. The van der Waals surface area contributed by atoms with Crippen LogP contribution in [0.1, 0.15) is 24.2 Å². The third-order valence-electron chi connectivity index (χ3n) is 3.13.